The van der Waals surface area contributed by atoms with E-state index in [4.69, 9.17) is 0 Å². The quantitative estimate of drug-likeness (QED) is 0.720. The van der Waals surface area contributed by atoms with Crippen LogP contribution in [0, 0.1) is 0 Å². The number of benzene rings is 1. The van der Waals surface area contributed by atoms with Crippen LogP contribution < -0.4 is 0 Å². The van der Waals surface area contributed by atoms with Crippen molar-refractivity contribution in [3.05, 3.63) is 35.9 Å². The molecule has 1 unspecified atom stereocenters. The SMILES string of the molecule is FC(F)(F)CC(Br)CCc1ccccc1. The van der Waals surface area contributed by atoms with E-state index in [0.717, 1.165) is 5.56 Å². The van der Waals surface area contributed by atoms with E-state index in [-0.39, 0.29) is 0 Å². The van der Waals surface area contributed by atoms with Crippen molar-refractivity contribution >= 4 is 15.9 Å². The van der Waals surface area contributed by atoms with E-state index in [1.165, 1.54) is 0 Å². The molecule has 0 nitrogen and oxygen atoms in total. The molecule has 1 aromatic rings. The summed E-state index contributed by atoms with van der Waals surface area (Å²) in [5.41, 5.74) is 1.07. The summed E-state index contributed by atoms with van der Waals surface area (Å²) in [6.45, 7) is 0. The molecule has 4 heteroatoms. The fraction of sp³-hybridized carbons (Fsp3) is 0.455. The molecule has 1 aromatic carbocycles. The van der Waals surface area contributed by atoms with Crippen LogP contribution in [0.3, 0.4) is 0 Å². The Labute approximate surface area is 95.6 Å². The highest BCUT2D eigenvalue weighted by molar-refractivity contribution is 9.09. The van der Waals surface area contributed by atoms with Gasteiger partial charge in [0.15, 0.2) is 0 Å². The minimum atomic E-state index is -4.08. The van der Waals surface area contributed by atoms with E-state index in [2.05, 4.69) is 15.9 Å². The first-order valence-corrected chi connectivity index (χ1v) is 5.64. The summed E-state index contributed by atoms with van der Waals surface area (Å²) in [6.07, 6.45) is -3.67. The van der Waals surface area contributed by atoms with Gasteiger partial charge in [-0.1, -0.05) is 46.3 Å². The summed E-state index contributed by atoms with van der Waals surface area (Å²) in [4.78, 5) is -0.488. The van der Waals surface area contributed by atoms with Gasteiger partial charge in [0.25, 0.3) is 0 Å². The van der Waals surface area contributed by atoms with Gasteiger partial charge in [-0.25, -0.2) is 0 Å². The van der Waals surface area contributed by atoms with Crippen molar-refractivity contribution in [2.45, 2.75) is 30.3 Å². The van der Waals surface area contributed by atoms with Gasteiger partial charge in [0.05, 0.1) is 6.42 Å². The summed E-state index contributed by atoms with van der Waals surface area (Å²) < 4.78 is 36.0. The second-order valence-corrected chi connectivity index (χ2v) is 4.74. The van der Waals surface area contributed by atoms with Crippen molar-refractivity contribution < 1.29 is 13.2 Å². The first-order chi connectivity index (χ1) is 6.97. The summed E-state index contributed by atoms with van der Waals surface area (Å²) in [5.74, 6) is 0. The fourth-order valence-electron chi connectivity index (χ4n) is 1.32. The van der Waals surface area contributed by atoms with Gasteiger partial charge >= 0.3 is 6.18 Å². The Bertz CT molecular complexity index is 282. The van der Waals surface area contributed by atoms with Crippen molar-refractivity contribution in [3.63, 3.8) is 0 Å². The highest BCUT2D eigenvalue weighted by Gasteiger charge is 2.30. The molecule has 0 aliphatic carbocycles. The molecule has 15 heavy (non-hydrogen) atoms. The number of halogens is 4. The van der Waals surface area contributed by atoms with Crippen LogP contribution in [0.15, 0.2) is 30.3 Å². The molecule has 0 fully saturated rings. The van der Waals surface area contributed by atoms with Gasteiger partial charge in [0.1, 0.15) is 0 Å². The Morgan fingerprint density at radius 1 is 1.13 bits per heavy atom. The van der Waals surface area contributed by atoms with Crippen molar-refractivity contribution in [2.75, 3.05) is 0 Å². The van der Waals surface area contributed by atoms with Crippen molar-refractivity contribution in [3.8, 4) is 0 Å². The molecule has 0 amide bonds. The smallest absolute Gasteiger partial charge is 0.171 e. The van der Waals surface area contributed by atoms with Gasteiger partial charge in [-0.05, 0) is 18.4 Å². The maximum absolute atomic E-state index is 12.0. The average Bonchev–Trinajstić information content (AvgIpc) is 2.14. The van der Waals surface area contributed by atoms with Crippen LogP contribution >= 0.6 is 15.9 Å². The Morgan fingerprint density at radius 2 is 1.73 bits per heavy atom. The summed E-state index contributed by atoms with van der Waals surface area (Å²) in [6, 6.07) is 9.52. The molecule has 0 aliphatic rings. The molecule has 1 rings (SSSR count). The lowest BCUT2D eigenvalue weighted by Gasteiger charge is -2.12. The van der Waals surface area contributed by atoms with Gasteiger partial charge < -0.3 is 0 Å². The van der Waals surface area contributed by atoms with Crippen molar-refractivity contribution in [1.82, 2.24) is 0 Å². The second-order valence-electron chi connectivity index (χ2n) is 3.44. The second kappa shape index (κ2) is 5.54. The Kier molecular flexibility index (Phi) is 4.64. The van der Waals surface area contributed by atoms with Gasteiger partial charge in [0.2, 0.25) is 0 Å². The van der Waals surface area contributed by atoms with Gasteiger partial charge in [-0.3, -0.25) is 0 Å². The largest absolute Gasteiger partial charge is 0.390 e. The molecule has 0 heterocycles. The molecule has 0 bridgehead atoms. The molecule has 84 valence electrons. The van der Waals surface area contributed by atoms with Crippen molar-refractivity contribution in [2.24, 2.45) is 0 Å². The maximum atomic E-state index is 12.0. The Hall–Kier alpha value is -0.510. The summed E-state index contributed by atoms with van der Waals surface area (Å²) >= 11 is 3.05. The standard InChI is InChI=1S/C11H12BrF3/c12-10(8-11(13,14)15)7-6-9-4-2-1-3-5-9/h1-5,10H,6-8H2. The lowest BCUT2D eigenvalue weighted by Crippen LogP contribution is -2.15. The lowest BCUT2D eigenvalue weighted by molar-refractivity contribution is -0.134. The molecule has 0 aliphatic heterocycles. The zero-order chi connectivity index (χ0) is 11.3. The number of rotatable bonds is 4. The molecule has 0 radical (unpaired) electrons. The van der Waals surface area contributed by atoms with E-state index in [1.807, 2.05) is 30.3 Å². The van der Waals surface area contributed by atoms with Gasteiger partial charge in [-0.2, -0.15) is 13.2 Å². The normalized spacial score (nSPS) is 13.9. The van der Waals surface area contributed by atoms with Crippen LogP contribution in [0.5, 0.6) is 0 Å². The molecule has 0 saturated carbocycles. The molecule has 0 N–H and O–H groups in total. The topological polar surface area (TPSA) is 0 Å². The van der Waals surface area contributed by atoms with Crippen LogP contribution in [0.4, 0.5) is 13.2 Å². The van der Waals surface area contributed by atoms with Gasteiger partial charge in [-0.15, -0.1) is 0 Å². The Balaban J connectivity index is 2.32. The van der Waals surface area contributed by atoms with Crippen LogP contribution in [-0.4, -0.2) is 11.0 Å². The minimum absolute atomic E-state index is 0.488. The third kappa shape index (κ3) is 5.82. The van der Waals surface area contributed by atoms with Crippen LogP contribution in [0.25, 0.3) is 0 Å². The average molecular weight is 281 g/mol. The first-order valence-electron chi connectivity index (χ1n) is 4.72. The van der Waals surface area contributed by atoms with Crippen molar-refractivity contribution in [1.29, 1.82) is 0 Å². The highest BCUT2D eigenvalue weighted by atomic mass is 79.9. The number of hydrogen-bond acceptors (Lipinski definition) is 0. The third-order valence-corrected chi connectivity index (χ3v) is 2.82. The number of aryl methyl sites for hydroxylation is 1. The molecule has 1 atom stereocenters. The van der Waals surface area contributed by atoms with Crippen LogP contribution in [-0.2, 0) is 6.42 Å². The zero-order valence-electron chi connectivity index (χ0n) is 8.10. The predicted molar refractivity (Wildman–Crippen MR) is 58.2 cm³/mol. The monoisotopic (exact) mass is 280 g/mol. The van der Waals surface area contributed by atoms with E-state index in [0.29, 0.717) is 12.8 Å². The van der Waals surface area contributed by atoms with E-state index >= 15 is 0 Å². The fourth-order valence-corrected chi connectivity index (χ4v) is 1.92. The first kappa shape index (κ1) is 12.6. The molecule has 0 aromatic heterocycles. The van der Waals surface area contributed by atoms with Crippen LogP contribution in [0.2, 0.25) is 0 Å². The maximum Gasteiger partial charge on any atom is 0.390 e. The minimum Gasteiger partial charge on any atom is -0.171 e. The molecule has 0 saturated heterocycles. The highest BCUT2D eigenvalue weighted by Crippen LogP contribution is 2.27. The lowest BCUT2D eigenvalue weighted by atomic mass is 10.1. The summed E-state index contributed by atoms with van der Waals surface area (Å²) in [5, 5.41) is 0. The summed E-state index contributed by atoms with van der Waals surface area (Å²) in [7, 11) is 0. The zero-order valence-corrected chi connectivity index (χ0v) is 9.68. The Morgan fingerprint density at radius 3 is 2.27 bits per heavy atom. The van der Waals surface area contributed by atoms with E-state index in [1.54, 1.807) is 0 Å². The molecular weight excluding hydrogens is 269 g/mol. The molecular formula is C11H12BrF3. The van der Waals surface area contributed by atoms with Gasteiger partial charge in [0, 0.05) is 4.83 Å². The predicted octanol–water partition coefficient (Wildman–Crippen LogP) is 4.34. The van der Waals surface area contributed by atoms with E-state index in [9.17, 15) is 13.2 Å². The van der Waals surface area contributed by atoms with E-state index < -0.39 is 17.4 Å². The number of alkyl halides is 4. The number of hydrogen-bond donors (Lipinski definition) is 0. The third-order valence-electron chi connectivity index (χ3n) is 2.04. The van der Waals surface area contributed by atoms with Crippen LogP contribution in [0.1, 0.15) is 18.4 Å². The molecule has 0 spiro atoms.